The molecule has 0 aliphatic carbocycles. The van der Waals surface area contributed by atoms with E-state index in [1.54, 1.807) is 11.8 Å². The maximum atomic E-state index is 13.4. The molecule has 0 aliphatic heterocycles. The molecule has 0 saturated carbocycles. The average Bonchev–Trinajstić information content (AvgIpc) is 2.28. The molecule has 0 radical (unpaired) electrons. The van der Waals surface area contributed by atoms with Crippen molar-refractivity contribution in [2.75, 3.05) is 17.6 Å². The summed E-state index contributed by atoms with van der Waals surface area (Å²) in [4.78, 5) is 0. The van der Waals surface area contributed by atoms with Crippen molar-refractivity contribution in [1.29, 1.82) is 0 Å². The number of thiocarbonyl (C=S) groups is 1. The van der Waals surface area contributed by atoms with E-state index in [0.29, 0.717) is 6.54 Å². The number of rotatable bonds is 4. The van der Waals surface area contributed by atoms with Gasteiger partial charge in [-0.1, -0.05) is 26.8 Å². The van der Waals surface area contributed by atoms with Crippen molar-refractivity contribution >= 4 is 34.8 Å². The summed E-state index contributed by atoms with van der Waals surface area (Å²) in [6, 6.07) is 3.68. The first-order chi connectivity index (χ1) is 8.79. The second-order valence-corrected chi connectivity index (χ2v) is 7.27. The van der Waals surface area contributed by atoms with Crippen LogP contribution in [0.5, 0.6) is 0 Å². The number of para-hydroxylation sites is 1. The zero-order chi connectivity index (χ0) is 14.5. The van der Waals surface area contributed by atoms with Crippen LogP contribution in [0.2, 0.25) is 0 Å². The lowest BCUT2D eigenvalue weighted by atomic mass is 10.3. The molecule has 1 rings (SSSR count). The van der Waals surface area contributed by atoms with Gasteiger partial charge in [0.1, 0.15) is 17.3 Å². The average molecular weight is 304 g/mol. The molecule has 0 aromatic heterocycles. The van der Waals surface area contributed by atoms with Crippen LogP contribution in [-0.4, -0.2) is 22.2 Å². The summed E-state index contributed by atoms with van der Waals surface area (Å²) in [5.74, 6) is -0.452. The molecule has 6 heteroatoms. The second-order valence-electron chi connectivity index (χ2n) is 4.94. The van der Waals surface area contributed by atoms with Gasteiger partial charge in [0, 0.05) is 17.0 Å². The molecule has 0 spiro atoms. The third kappa shape index (κ3) is 6.20. The van der Waals surface area contributed by atoms with Crippen LogP contribution >= 0.6 is 24.0 Å². The SMILES string of the molecule is CC(C)(C)SCCNC(=S)Nc1c(F)cccc1F. The summed E-state index contributed by atoms with van der Waals surface area (Å²) in [6.07, 6.45) is 0. The lowest BCUT2D eigenvalue weighted by Crippen LogP contribution is -2.31. The highest BCUT2D eigenvalue weighted by Gasteiger charge is 2.11. The smallest absolute Gasteiger partial charge is 0.170 e. The van der Waals surface area contributed by atoms with Crippen LogP contribution in [-0.2, 0) is 0 Å². The van der Waals surface area contributed by atoms with Gasteiger partial charge in [0.2, 0.25) is 0 Å². The first-order valence-electron chi connectivity index (χ1n) is 5.92. The quantitative estimate of drug-likeness (QED) is 0.653. The monoisotopic (exact) mass is 304 g/mol. The van der Waals surface area contributed by atoms with Gasteiger partial charge in [-0.3, -0.25) is 0 Å². The first-order valence-corrected chi connectivity index (χ1v) is 7.32. The first kappa shape index (κ1) is 16.2. The van der Waals surface area contributed by atoms with Crippen LogP contribution in [0, 0.1) is 11.6 Å². The van der Waals surface area contributed by atoms with Crippen molar-refractivity contribution < 1.29 is 8.78 Å². The van der Waals surface area contributed by atoms with Crippen LogP contribution in [0.25, 0.3) is 0 Å². The van der Waals surface area contributed by atoms with Gasteiger partial charge in [-0.2, -0.15) is 11.8 Å². The minimum absolute atomic E-state index is 0.189. The summed E-state index contributed by atoms with van der Waals surface area (Å²) in [6.45, 7) is 7.03. The van der Waals surface area contributed by atoms with Crippen LogP contribution in [0.15, 0.2) is 18.2 Å². The van der Waals surface area contributed by atoms with Gasteiger partial charge in [0.15, 0.2) is 5.11 Å². The molecule has 0 fully saturated rings. The number of thioether (sulfide) groups is 1. The molecule has 2 N–H and O–H groups in total. The standard InChI is InChI=1S/C13H18F2N2S2/c1-13(2,3)19-8-7-16-12(18)17-11-9(14)5-4-6-10(11)15/h4-6H,7-8H2,1-3H3,(H2,16,17,18). The molecular formula is C13H18F2N2S2. The maximum absolute atomic E-state index is 13.4. The Kier molecular flexibility index (Phi) is 6.00. The van der Waals surface area contributed by atoms with E-state index in [1.165, 1.54) is 18.2 Å². The third-order valence-electron chi connectivity index (χ3n) is 2.12. The van der Waals surface area contributed by atoms with Gasteiger partial charge >= 0.3 is 0 Å². The number of hydrogen-bond acceptors (Lipinski definition) is 2. The summed E-state index contributed by atoms with van der Waals surface area (Å²) in [5, 5.41) is 5.68. The zero-order valence-electron chi connectivity index (χ0n) is 11.2. The summed E-state index contributed by atoms with van der Waals surface area (Å²) in [5.41, 5.74) is -0.219. The number of anilines is 1. The van der Waals surface area contributed by atoms with E-state index in [1.807, 2.05) is 0 Å². The van der Waals surface area contributed by atoms with Gasteiger partial charge in [-0.05, 0) is 24.4 Å². The molecule has 0 heterocycles. The zero-order valence-corrected chi connectivity index (χ0v) is 12.9. The predicted molar refractivity (Wildman–Crippen MR) is 82.8 cm³/mol. The number of hydrogen-bond donors (Lipinski definition) is 2. The van der Waals surface area contributed by atoms with Gasteiger partial charge in [0.05, 0.1) is 0 Å². The maximum Gasteiger partial charge on any atom is 0.170 e. The summed E-state index contributed by atoms with van der Waals surface area (Å²) < 4.78 is 26.9. The van der Waals surface area contributed by atoms with Crippen molar-refractivity contribution in [2.45, 2.75) is 25.5 Å². The molecule has 0 unspecified atom stereocenters. The van der Waals surface area contributed by atoms with E-state index in [9.17, 15) is 8.78 Å². The molecule has 1 aromatic rings. The molecule has 0 aliphatic rings. The normalized spacial score (nSPS) is 11.2. The summed E-state index contributed by atoms with van der Waals surface area (Å²) in [7, 11) is 0. The van der Waals surface area contributed by atoms with E-state index >= 15 is 0 Å². The lowest BCUT2D eigenvalue weighted by molar-refractivity contribution is 0.591. The molecule has 19 heavy (non-hydrogen) atoms. The Morgan fingerprint density at radius 3 is 2.37 bits per heavy atom. The largest absolute Gasteiger partial charge is 0.362 e. The lowest BCUT2D eigenvalue weighted by Gasteiger charge is -2.18. The van der Waals surface area contributed by atoms with Crippen LogP contribution < -0.4 is 10.6 Å². The summed E-state index contributed by atoms with van der Waals surface area (Å²) >= 11 is 6.79. The van der Waals surface area contributed by atoms with E-state index in [4.69, 9.17) is 12.2 Å². The van der Waals surface area contributed by atoms with Crippen molar-refractivity contribution in [3.8, 4) is 0 Å². The van der Waals surface area contributed by atoms with Crippen molar-refractivity contribution in [3.05, 3.63) is 29.8 Å². The number of halogens is 2. The molecular weight excluding hydrogens is 286 g/mol. The Balaban J connectivity index is 2.40. The predicted octanol–water partition coefficient (Wildman–Crippen LogP) is 3.78. The minimum atomic E-state index is -0.659. The van der Waals surface area contributed by atoms with Crippen LogP contribution in [0.4, 0.5) is 14.5 Å². The van der Waals surface area contributed by atoms with Crippen molar-refractivity contribution in [1.82, 2.24) is 5.32 Å². The third-order valence-corrected chi connectivity index (χ3v) is 3.64. The Morgan fingerprint density at radius 1 is 1.26 bits per heavy atom. The Morgan fingerprint density at radius 2 is 1.84 bits per heavy atom. The van der Waals surface area contributed by atoms with E-state index < -0.39 is 11.6 Å². The fraction of sp³-hybridized carbons (Fsp3) is 0.462. The minimum Gasteiger partial charge on any atom is -0.362 e. The van der Waals surface area contributed by atoms with E-state index in [2.05, 4.69) is 31.4 Å². The van der Waals surface area contributed by atoms with Gasteiger partial charge < -0.3 is 10.6 Å². The van der Waals surface area contributed by atoms with Gasteiger partial charge in [-0.25, -0.2) is 8.78 Å². The Labute approximate surface area is 122 Å². The van der Waals surface area contributed by atoms with E-state index in [-0.39, 0.29) is 15.5 Å². The highest BCUT2D eigenvalue weighted by atomic mass is 32.2. The molecule has 0 bridgehead atoms. The molecule has 2 nitrogen and oxygen atoms in total. The molecule has 0 saturated heterocycles. The van der Waals surface area contributed by atoms with Crippen molar-refractivity contribution in [2.24, 2.45) is 0 Å². The Hall–Kier alpha value is -0.880. The van der Waals surface area contributed by atoms with Crippen molar-refractivity contribution in [3.63, 3.8) is 0 Å². The highest BCUT2D eigenvalue weighted by Crippen LogP contribution is 2.22. The number of nitrogens with one attached hydrogen (secondary N) is 2. The fourth-order valence-electron chi connectivity index (χ4n) is 1.30. The highest BCUT2D eigenvalue weighted by molar-refractivity contribution is 8.00. The molecule has 0 atom stereocenters. The van der Waals surface area contributed by atoms with Gasteiger partial charge in [-0.15, -0.1) is 0 Å². The van der Waals surface area contributed by atoms with E-state index in [0.717, 1.165) is 5.75 Å². The Bertz CT molecular complexity index is 425. The van der Waals surface area contributed by atoms with Gasteiger partial charge in [0.25, 0.3) is 0 Å². The molecule has 1 aromatic carbocycles. The van der Waals surface area contributed by atoms with Crippen LogP contribution in [0.3, 0.4) is 0 Å². The molecule has 106 valence electrons. The number of benzene rings is 1. The molecule has 0 amide bonds. The topological polar surface area (TPSA) is 24.1 Å². The second kappa shape index (κ2) is 7.05. The van der Waals surface area contributed by atoms with Crippen LogP contribution in [0.1, 0.15) is 20.8 Å². The fourth-order valence-corrected chi connectivity index (χ4v) is 2.32.